The number of aryl methyl sites for hydroxylation is 2. The van der Waals surface area contributed by atoms with Gasteiger partial charge in [0.15, 0.2) is 6.61 Å². The molecule has 1 aromatic rings. The van der Waals surface area contributed by atoms with Crippen LogP contribution in [0.5, 0.6) is 5.75 Å². The average molecular weight is 264 g/mol. The number of carbonyl (C=O) groups excluding carboxylic acids is 2. The van der Waals surface area contributed by atoms with Crippen LogP contribution < -0.4 is 15.6 Å². The summed E-state index contributed by atoms with van der Waals surface area (Å²) in [4.78, 5) is 22.6. The van der Waals surface area contributed by atoms with E-state index >= 15 is 0 Å². The van der Waals surface area contributed by atoms with Crippen LogP contribution in [0.1, 0.15) is 30.9 Å². The average Bonchev–Trinajstić information content (AvgIpc) is 2.38. The molecule has 0 aliphatic heterocycles. The molecular weight excluding hydrogens is 244 g/mol. The van der Waals surface area contributed by atoms with Crippen molar-refractivity contribution < 1.29 is 14.3 Å². The third kappa shape index (κ3) is 5.42. The number of carbonyl (C=O) groups is 2. The van der Waals surface area contributed by atoms with Crippen LogP contribution in [-0.2, 0) is 9.59 Å². The van der Waals surface area contributed by atoms with Crippen molar-refractivity contribution in [1.82, 2.24) is 10.9 Å². The van der Waals surface area contributed by atoms with E-state index in [1.165, 1.54) is 0 Å². The highest BCUT2D eigenvalue weighted by Crippen LogP contribution is 2.18. The van der Waals surface area contributed by atoms with Crippen molar-refractivity contribution in [3.05, 3.63) is 29.3 Å². The summed E-state index contributed by atoms with van der Waals surface area (Å²) in [6.07, 6.45) is 1.12. The van der Waals surface area contributed by atoms with Crippen molar-refractivity contribution in [2.45, 2.75) is 33.6 Å². The van der Waals surface area contributed by atoms with E-state index in [1.807, 2.05) is 39.0 Å². The Hall–Kier alpha value is -2.04. The maximum Gasteiger partial charge on any atom is 0.276 e. The Labute approximate surface area is 113 Å². The Morgan fingerprint density at radius 1 is 1.16 bits per heavy atom. The lowest BCUT2D eigenvalue weighted by atomic mass is 10.1. The van der Waals surface area contributed by atoms with Crippen LogP contribution in [0.15, 0.2) is 18.2 Å². The fourth-order valence-corrected chi connectivity index (χ4v) is 1.47. The highest BCUT2D eigenvalue weighted by molar-refractivity contribution is 5.82. The van der Waals surface area contributed by atoms with Crippen LogP contribution in [-0.4, -0.2) is 18.4 Å². The van der Waals surface area contributed by atoms with Crippen LogP contribution in [0.4, 0.5) is 0 Å². The molecule has 0 spiro atoms. The van der Waals surface area contributed by atoms with Crippen LogP contribution in [0.2, 0.25) is 0 Å². The lowest BCUT2D eigenvalue weighted by Gasteiger charge is -2.10. The van der Waals surface area contributed by atoms with Gasteiger partial charge >= 0.3 is 0 Å². The number of nitrogens with one attached hydrogen (secondary N) is 2. The molecule has 1 rings (SSSR count). The maximum absolute atomic E-state index is 11.5. The molecule has 5 heteroatoms. The fourth-order valence-electron chi connectivity index (χ4n) is 1.47. The Morgan fingerprint density at radius 3 is 2.53 bits per heavy atom. The fraction of sp³-hybridized carbons (Fsp3) is 0.429. The van der Waals surface area contributed by atoms with Gasteiger partial charge in [-0.15, -0.1) is 0 Å². The van der Waals surface area contributed by atoms with Gasteiger partial charge in [-0.05, 0) is 37.5 Å². The van der Waals surface area contributed by atoms with Gasteiger partial charge in [-0.1, -0.05) is 19.1 Å². The van der Waals surface area contributed by atoms with Crippen molar-refractivity contribution in [1.29, 1.82) is 0 Å². The SMILES string of the molecule is CCCC(=O)NNC(=O)COc1cc(C)ccc1C. The van der Waals surface area contributed by atoms with Crippen LogP contribution >= 0.6 is 0 Å². The zero-order chi connectivity index (χ0) is 14.3. The summed E-state index contributed by atoms with van der Waals surface area (Å²) in [5, 5.41) is 0. The summed E-state index contributed by atoms with van der Waals surface area (Å²) >= 11 is 0. The predicted molar refractivity (Wildman–Crippen MR) is 72.6 cm³/mol. The summed E-state index contributed by atoms with van der Waals surface area (Å²) in [5.74, 6) is 0.0861. The van der Waals surface area contributed by atoms with Crippen molar-refractivity contribution in [3.63, 3.8) is 0 Å². The monoisotopic (exact) mass is 264 g/mol. The molecule has 0 aliphatic rings. The molecule has 0 aromatic heterocycles. The van der Waals surface area contributed by atoms with E-state index in [4.69, 9.17) is 4.74 Å². The summed E-state index contributed by atoms with van der Waals surface area (Å²) in [6.45, 7) is 5.63. The molecule has 5 nitrogen and oxygen atoms in total. The molecule has 0 saturated carbocycles. The Morgan fingerprint density at radius 2 is 1.84 bits per heavy atom. The number of hydrazine groups is 1. The number of ether oxygens (including phenoxy) is 1. The summed E-state index contributed by atoms with van der Waals surface area (Å²) < 4.78 is 5.41. The molecule has 0 atom stereocenters. The minimum absolute atomic E-state index is 0.128. The Balaban J connectivity index is 2.38. The van der Waals surface area contributed by atoms with Gasteiger partial charge in [0.25, 0.3) is 5.91 Å². The molecule has 1 aromatic carbocycles. The quantitative estimate of drug-likeness (QED) is 0.794. The molecule has 2 N–H and O–H groups in total. The third-order valence-electron chi connectivity index (χ3n) is 2.52. The van der Waals surface area contributed by atoms with Gasteiger partial charge < -0.3 is 4.74 Å². The van der Waals surface area contributed by atoms with Crippen LogP contribution in [0.25, 0.3) is 0 Å². The molecule has 0 unspecified atom stereocenters. The van der Waals surface area contributed by atoms with Crippen molar-refractivity contribution in [2.24, 2.45) is 0 Å². The zero-order valence-corrected chi connectivity index (χ0v) is 11.6. The molecule has 19 heavy (non-hydrogen) atoms. The van der Waals surface area contributed by atoms with E-state index in [9.17, 15) is 9.59 Å². The third-order valence-corrected chi connectivity index (χ3v) is 2.52. The van der Waals surface area contributed by atoms with Crippen molar-refractivity contribution in [3.8, 4) is 5.75 Å². The molecule has 0 radical (unpaired) electrons. The molecule has 0 heterocycles. The number of rotatable bonds is 5. The largest absolute Gasteiger partial charge is 0.483 e. The standard InChI is InChI=1S/C14H20N2O3/c1-4-5-13(17)15-16-14(18)9-19-12-8-10(2)6-7-11(12)3/h6-8H,4-5,9H2,1-3H3,(H,15,17)(H,16,18). The van der Waals surface area contributed by atoms with E-state index in [0.29, 0.717) is 12.2 Å². The molecule has 0 bridgehead atoms. The van der Waals surface area contributed by atoms with Gasteiger partial charge in [0.1, 0.15) is 5.75 Å². The molecule has 2 amide bonds. The van der Waals surface area contributed by atoms with Gasteiger partial charge in [-0.25, -0.2) is 0 Å². The number of hydrogen-bond acceptors (Lipinski definition) is 3. The first kappa shape index (κ1) is 15.0. The second kappa shape index (κ2) is 7.41. The van der Waals surface area contributed by atoms with E-state index in [2.05, 4.69) is 10.9 Å². The highest BCUT2D eigenvalue weighted by Gasteiger charge is 2.06. The first-order chi connectivity index (χ1) is 9.02. The van der Waals surface area contributed by atoms with Gasteiger partial charge in [0, 0.05) is 6.42 Å². The highest BCUT2D eigenvalue weighted by atomic mass is 16.5. The van der Waals surface area contributed by atoms with Crippen LogP contribution in [0.3, 0.4) is 0 Å². The molecule has 0 aliphatic carbocycles. The van der Waals surface area contributed by atoms with Gasteiger partial charge in [0.2, 0.25) is 5.91 Å². The topological polar surface area (TPSA) is 67.4 Å². The van der Waals surface area contributed by atoms with E-state index in [-0.39, 0.29) is 18.4 Å². The summed E-state index contributed by atoms with van der Waals surface area (Å²) in [7, 11) is 0. The number of benzene rings is 1. The zero-order valence-electron chi connectivity index (χ0n) is 11.6. The maximum atomic E-state index is 11.5. The smallest absolute Gasteiger partial charge is 0.276 e. The normalized spacial score (nSPS) is 9.84. The molecule has 104 valence electrons. The van der Waals surface area contributed by atoms with Crippen molar-refractivity contribution in [2.75, 3.05) is 6.61 Å². The minimum atomic E-state index is -0.384. The molecule has 0 saturated heterocycles. The summed E-state index contributed by atoms with van der Waals surface area (Å²) in [5.41, 5.74) is 6.67. The second-order valence-corrected chi connectivity index (χ2v) is 4.40. The molecular formula is C14H20N2O3. The van der Waals surface area contributed by atoms with Gasteiger partial charge in [0.05, 0.1) is 0 Å². The Kier molecular flexibility index (Phi) is 5.85. The predicted octanol–water partition coefficient (Wildman–Crippen LogP) is 1.63. The van der Waals surface area contributed by atoms with E-state index in [1.54, 1.807) is 0 Å². The lowest BCUT2D eigenvalue weighted by molar-refractivity contribution is -0.130. The second-order valence-electron chi connectivity index (χ2n) is 4.40. The van der Waals surface area contributed by atoms with E-state index in [0.717, 1.165) is 17.5 Å². The Bertz CT molecular complexity index is 458. The lowest BCUT2D eigenvalue weighted by Crippen LogP contribution is -2.43. The van der Waals surface area contributed by atoms with Gasteiger partial charge in [-0.3, -0.25) is 20.4 Å². The van der Waals surface area contributed by atoms with Crippen LogP contribution in [0, 0.1) is 13.8 Å². The van der Waals surface area contributed by atoms with Crippen molar-refractivity contribution >= 4 is 11.8 Å². The first-order valence-corrected chi connectivity index (χ1v) is 6.30. The van der Waals surface area contributed by atoms with Gasteiger partial charge in [-0.2, -0.15) is 0 Å². The minimum Gasteiger partial charge on any atom is -0.483 e. The molecule has 0 fully saturated rings. The van der Waals surface area contributed by atoms with E-state index < -0.39 is 0 Å². The summed E-state index contributed by atoms with van der Waals surface area (Å²) in [6, 6.07) is 5.79. The first-order valence-electron chi connectivity index (χ1n) is 6.30. The number of amides is 2. The number of hydrogen-bond donors (Lipinski definition) is 2.